The number of nitrogens with one attached hydrogen (secondary N) is 2. The summed E-state index contributed by atoms with van der Waals surface area (Å²) in [7, 11) is 0. The first-order valence-corrected chi connectivity index (χ1v) is 11.7. The second-order valence-electron chi connectivity index (χ2n) is 7.73. The quantitative estimate of drug-likeness (QED) is 0.410. The lowest BCUT2D eigenvalue weighted by atomic mass is 9.74. The average molecular weight is 437 g/mol. The van der Waals surface area contributed by atoms with E-state index in [1.165, 1.54) is 17.3 Å². The van der Waals surface area contributed by atoms with Crippen molar-refractivity contribution in [3.63, 3.8) is 0 Å². The molecule has 0 unspecified atom stereocenters. The fourth-order valence-corrected chi connectivity index (χ4v) is 4.67. The first-order chi connectivity index (χ1) is 15.2. The van der Waals surface area contributed by atoms with Crippen molar-refractivity contribution in [3.8, 4) is 0 Å². The summed E-state index contributed by atoms with van der Waals surface area (Å²) >= 11 is 1.37. The SMILES string of the molecule is CCNc1nc(SCC(=O)NCC2(c3ccccc3)CCOCC2)nc2ccccc12. The predicted octanol–water partition coefficient (Wildman–Crippen LogP) is 4.02. The van der Waals surface area contributed by atoms with Crippen LogP contribution in [-0.4, -0.2) is 47.9 Å². The lowest BCUT2D eigenvalue weighted by Crippen LogP contribution is -2.45. The number of ether oxygens (including phenoxy) is 1. The van der Waals surface area contributed by atoms with Crippen LogP contribution in [0.15, 0.2) is 59.8 Å². The summed E-state index contributed by atoms with van der Waals surface area (Å²) in [5.41, 5.74) is 2.07. The Labute approximate surface area is 187 Å². The van der Waals surface area contributed by atoms with Crippen LogP contribution in [0.4, 0.5) is 5.82 Å². The van der Waals surface area contributed by atoms with Crippen LogP contribution in [0.3, 0.4) is 0 Å². The van der Waals surface area contributed by atoms with Gasteiger partial charge >= 0.3 is 0 Å². The number of hydrogen-bond acceptors (Lipinski definition) is 6. The second kappa shape index (κ2) is 10.1. The van der Waals surface area contributed by atoms with Crippen LogP contribution in [0, 0.1) is 0 Å². The lowest BCUT2D eigenvalue weighted by Gasteiger charge is -2.38. The number of thioether (sulfide) groups is 1. The maximum atomic E-state index is 12.7. The Morgan fingerprint density at radius 2 is 1.81 bits per heavy atom. The molecule has 1 aliphatic heterocycles. The van der Waals surface area contributed by atoms with E-state index in [4.69, 9.17) is 4.74 Å². The molecule has 7 heteroatoms. The van der Waals surface area contributed by atoms with E-state index in [-0.39, 0.29) is 17.1 Å². The molecule has 162 valence electrons. The van der Waals surface area contributed by atoms with Crippen LogP contribution in [-0.2, 0) is 14.9 Å². The van der Waals surface area contributed by atoms with Gasteiger partial charge < -0.3 is 15.4 Å². The van der Waals surface area contributed by atoms with Crippen molar-refractivity contribution >= 4 is 34.4 Å². The Morgan fingerprint density at radius 1 is 1.06 bits per heavy atom. The standard InChI is InChI=1S/C24H28N4O2S/c1-2-25-22-19-10-6-7-11-20(19)27-23(28-22)31-16-21(29)26-17-24(12-14-30-15-13-24)18-8-4-3-5-9-18/h3-11H,2,12-17H2,1H3,(H,26,29)(H,25,27,28). The highest BCUT2D eigenvalue weighted by atomic mass is 32.2. The van der Waals surface area contributed by atoms with Gasteiger partial charge in [0.2, 0.25) is 5.91 Å². The fraction of sp³-hybridized carbons (Fsp3) is 0.375. The molecule has 1 saturated heterocycles. The van der Waals surface area contributed by atoms with Crippen molar-refractivity contribution in [2.45, 2.75) is 30.3 Å². The molecule has 1 aromatic heterocycles. The first-order valence-electron chi connectivity index (χ1n) is 10.7. The largest absolute Gasteiger partial charge is 0.381 e. The molecule has 1 fully saturated rings. The molecule has 2 aromatic carbocycles. The van der Waals surface area contributed by atoms with Gasteiger partial charge in [0.25, 0.3) is 0 Å². The Morgan fingerprint density at radius 3 is 2.58 bits per heavy atom. The average Bonchev–Trinajstić information content (AvgIpc) is 2.83. The first kappa shape index (κ1) is 21.6. The van der Waals surface area contributed by atoms with E-state index >= 15 is 0 Å². The maximum absolute atomic E-state index is 12.7. The normalized spacial score (nSPS) is 15.5. The van der Waals surface area contributed by atoms with Crippen LogP contribution < -0.4 is 10.6 Å². The minimum atomic E-state index is -0.0719. The third kappa shape index (κ3) is 5.17. The minimum Gasteiger partial charge on any atom is -0.381 e. The summed E-state index contributed by atoms with van der Waals surface area (Å²) < 4.78 is 5.59. The summed E-state index contributed by atoms with van der Waals surface area (Å²) in [5.74, 6) is 1.08. The highest BCUT2D eigenvalue weighted by molar-refractivity contribution is 7.99. The fourth-order valence-electron chi connectivity index (χ4n) is 3.99. The van der Waals surface area contributed by atoms with Gasteiger partial charge in [-0.25, -0.2) is 9.97 Å². The molecule has 0 saturated carbocycles. The van der Waals surface area contributed by atoms with Crippen molar-refractivity contribution < 1.29 is 9.53 Å². The van der Waals surface area contributed by atoms with E-state index in [1.54, 1.807) is 0 Å². The number of benzene rings is 2. The number of anilines is 1. The van der Waals surface area contributed by atoms with Crippen LogP contribution >= 0.6 is 11.8 Å². The molecular formula is C24H28N4O2S. The van der Waals surface area contributed by atoms with Gasteiger partial charge in [-0.2, -0.15) is 0 Å². The van der Waals surface area contributed by atoms with Gasteiger partial charge in [-0.3, -0.25) is 4.79 Å². The smallest absolute Gasteiger partial charge is 0.230 e. The van der Waals surface area contributed by atoms with Gasteiger partial charge in [0, 0.05) is 37.1 Å². The van der Waals surface area contributed by atoms with Crippen molar-refractivity contribution in [2.24, 2.45) is 0 Å². The van der Waals surface area contributed by atoms with Crippen molar-refractivity contribution in [1.29, 1.82) is 0 Å². The lowest BCUT2D eigenvalue weighted by molar-refractivity contribution is -0.119. The minimum absolute atomic E-state index is 0.00597. The van der Waals surface area contributed by atoms with E-state index in [1.807, 2.05) is 37.3 Å². The van der Waals surface area contributed by atoms with Crippen LogP contribution in [0.2, 0.25) is 0 Å². The molecule has 4 rings (SSSR count). The Kier molecular flexibility index (Phi) is 7.04. The van der Waals surface area contributed by atoms with E-state index < -0.39 is 0 Å². The van der Waals surface area contributed by atoms with E-state index in [0.717, 1.165) is 49.3 Å². The molecule has 0 aliphatic carbocycles. The Hall–Kier alpha value is -2.64. The van der Waals surface area contributed by atoms with Crippen molar-refractivity contribution in [2.75, 3.05) is 37.4 Å². The molecule has 3 aromatic rings. The summed E-state index contributed by atoms with van der Waals surface area (Å²) in [6.45, 7) is 4.86. The van der Waals surface area contributed by atoms with E-state index in [9.17, 15) is 4.79 Å². The number of fused-ring (bicyclic) bond motifs is 1. The summed E-state index contributed by atoms with van der Waals surface area (Å²) in [5, 5.41) is 8.04. The number of amides is 1. The molecule has 0 bridgehead atoms. The monoisotopic (exact) mass is 436 g/mol. The van der Waals surface area contributed by atoms with Gasteiger partial charge in [0.15, 0.2) is 5.16 Å². The number of rotatable bonds is 8. The molecule has 1 aliphatic rings. The summed E-state index contributed by atoms with van der Waals surface area (Å²) in [6, 6.07) is 18.4. The van der Waals surface area contributed by atoms with Crippen LogP contribution in [0.1, 0.15) is 25.3 Å². The molecular weight excluding hydrogens is 408 g/mol. The molecule has 0 spiro atoms. The Bertz CT molecular complexity index is 1020. The topological polar surface area (TPSA) is 76.1 Å². The third-order valence-corrected chi connectivity index (χ3v) is 6.57. The molecule has 2 N–H and O–H groups in total. The molecule has 31 heavy (non-hydrogen) atoms. The number of hydrogen-bond donors (Lipinski definition) is 2. The zero-order chi connectivity index (χ0) is 21.5. The van der Waals surface area contributed by atoms with Gasteiger partial charge in [0.1, 0.15) is 5.82 Å². The van der Waals surface area contributed by atoms with Crippen LogP contribution in [0.25, 0.3) is 10.9 Å². The second-order valence-corrected chi connectivity index (χ2v) is 8.67. The molecule has 1 amide bonds. The summed E-state index contributed by atoms with van der Waals surface area (Å²) in [4.78, 5) is 21.9. The number of carbonyl (C=O) groups is 1. The van der Waals surface area contributed by atoms with Crippen LogP contribution in [0.5, 0.6) is 0 Å². The number of nitrogens with zero attached hydrogens (tertiary/aromatic N) is 2. The third-order valence-electron chi connectivity index (χ3n) is 5.72. The molecule has 2 heterocycles. The zero-order valence-corrected chi connectivity index (χ0v) is 18.6. The summed E-state index contributed by atoms with van der Waals surface area (Å²) in [6.07, 6.45) is 1.81. The number of carbonyl (C=O) groups excluding carboxylic acids is 1. The van der Waals surface area contributed by atoms with Crippen molar-refractivity contribution in [1.82, 2.24) is 15.3 Å². The highest BCUT2D eigenvalue weighted by Gasteiger charge is 2.34. The van der Waals surface area contributed by atoms with Gasteiger partial charge in [-0.1, -0.05) is 54.2 Å². The van der Waals surface area contributed by atoms with Gasteiger partial charge in [-0.15, -0.1) is 0 Å². The molecule has 6 nitrogen and oxygen atoms in total. The highest BCUT2D eigenvalue weighted by Crippen LogP contribution is 2.34. The van der Waals surface area contributed by atoms with Gasteiger partial charge in [-0.05, 0) is 37.5 Å². The molecule has 0 radical (unpaired) electrons. The predicted molar refractivity (Wildman–Crippen MR) is 126 cm³/mol. The Balaban J connectivity index is 1.41. The van der Waals surface area contributed by atoms with Crippen molar-refractivity contribution in [3.05, 3.63) is 60.2 Å². The molecule has 0 atom stereocenters. The van der Waals surface area contributed by atoms with Gasteiger partial charge in [0.05, 0.1) is 11.3 Å². The number of para-hydroxylation sites is 1. The number of aromatic nitrogens is 2. The van der Waals surface area contributed by atoms with E-state index in [0.29, 0.717) is 11.7 Å². The zero-order valence-electron chi connectivity index (χ0n) is 17.8. The maximum Gasteiger partial charge on any atom is 0.230 e. The van der Waals surface area contributed by atoms with E-state index in [2.05, 4.69) is 44.9 Å².